The van der Waals surface area contributed by atoms with Crippen LogP contribution in [0.25, 0.3) is 5.69 Å². The Morgan fingerprint density at radius 1 is 1.22 bits per heavy atom. The van der Waals surface area contributed by atoms with Gasteiger partial charge in [-0.1, -0.05) is 6.92 Å². The zero-order valence-corrected chi connectivity index (χ0v) is 16.0. The second-order valence-electron chi connectivity index (χ2n) is 7.96. The summed E-state index contributed by atoms with van der Waals surface area (Å²) in [6.45, 7) is 6.04. The average molecular weight is 365 g/mol. The van der Waals surface area contributed by atoms with E-state index in [4.69, 9.17) is 5.26 Å². The molecule has 140 valence electrons. The third kappa shape index (κ3) is 2.80. The van der Waals surface area contributed by atoms with Crippen molar-refractivity contribution in [3.05, 3.63) is 52.6 Å². The lowest BCUT2D eigenvalue weighted by Gasteiger charge is -2.22. The minimum Gasteiger partial charge on any atom is -0.315 e. The van der Waals surface area contributed by atoms with E-state index >= 15 is 4.39 Å². The van der Waals surface area contributed by atoms with Gasteiger partial charge in [0.1, 0.15) is 0 Å². The second kappa shape index (κ2) is 6.61. The average Bonchev–Trinajstić information content (AvgIpc) is 3.24. The van der Waals surface area contributed by atoms with Gasteiger partial charge < -0.3 is 4.57 Å². The van der Waals surface area contributed by atoms with Gasteiger partial charge in [-0.3, -0.25) is 9.69 Å². The van der Waals surface area contributed by atoms with Gasteiger partial charge in [0, 0.05) is 23.5 Å². The Hall–Kier alpha value is -2.45. The smallest absolute Gasteiger partial charge is 0.181 e. The van der Waals surface area contributed by atoms with Crippen molar-refractivity contribution >= 4 is 5.78 Å². The van der Waals surface area contributed by atoms with Crippen molar-refractivity contribution in [2.24, 2.45) is 5.92 Å². The first-order valence-electron chi connectivity index (χ1n) is 9.59. The molecule has 0 saturated carbocycles. The van der Waals surface area contributed by atoms with Crippen LogP contribution in [-0.2, 0) is 0 Å². The van der Waals surface area contributed by atoms with Crippen LogP contribution in [0.2, 0.25) is 0 Å². The van der Waals surface area contributed by atoms with E-state index in [1.54, 1.807) is 42.7 Å². The maximum absolute atomic E-state index is 15.0. The van der Waals surface area contributed by atoms with Gasteiger partial charge in [0.15, 0.2) is 11.6 Å². The van der Waals surface area contributed by atoms with Gasteiger partial charge in [-0.15, -0.1) is 0 Å². The van der Waals surface area contributed by atoms with E-state index in [-0.39, 0.29) is 11.3 Å². The van der Waals surface area contributed by atoms with E-state index in [1.165, 1.54) is 0 Å². The fraction of sp³-hybridized carbons (Fsp3) is 0.455. The summed E-state index contributed by atoms with van der Waals surface area (Å²) in [5.41, 5.74) is 2.57. The lowest BCUT2D eigenvalue weighted by Crippen LogP contribution is -2.35. The molecule has 1 aromatic heterocycles. The van der Waals surface area contributed by atoms with Gasteiger partial charge in [0.05, 0.1) is 29.4 Å². The van der Waals surface area contributed by atoms with Crippen LogP contribution in [0.15, 0.2) is 24.3 Å². The number of rotatable bonds is 4. The zero-order chi connectivity index (χ0) is 19.3. The summed E-state index contributed by atoms with van der Waals surface area (Å²) in [4.78, 5) is 15.3. The topological polar surface area (TPSA) is 49.0 Å². The molecule has 5 heteroatoms. The molecule has 3 heterocycles. The fourth-order valence-electron chi connectivity index (χ4n) is 5.11. The quantitative estimate of drug-likeness (QED) is 0.765. The number of benzene rings is 1. The van der Waals surface area contributed by atoms with Crippen LogP contribution >= 0.6 is 0 Å². The number of carbonyl (C=O) groups excluding carboxylic acids is 1. The number of hydrogen-bond acceptors (Lipinski definition) is 3. The van der Waals surface area contributed by atoms with Crippen molar-refractivity contribution in [1.29, 1.82) is 5.26 Å². The summed E-state index contributed by atoms with van der Waals surface area (Å²) in [6.07, 6.45) is 3.44. The maximum Gasteiger partial charge on any atom is 0.181 e. The molecule has 0 spiro atoms. The second-order valence-corrected chi connectivity index (χ2v) is 7.96. The number of aromatic nitrogens is 1. The van der Waals surface area contributed by atoms with E-state index in [0.717, 1.165) is 24.9 Å². The molecule has 2 saturated heterocycles. The number of nitrogens with zero attached hydrogens (tertiary/aromatic N) is 3. The maximum atomic E-state index is 15.0. The van der Waals surface area contributed by atoms with Gasteiger partial charge in [0.2, 0.25) is 0 Å². The molecular weight excluding hydrogens is 341 g/mol. The van der Waals surface area contributed by atoms with Crippen LogP contribution in [0.5, 0.6) is 0 Å². The fourth-order valence-corrected chi connectivity index (χ4v) is 5.11. The SMILES string of the molecule is Cc1c(F)c(C(=O)CN2[C@@H]3CC[C@H]2[C@H](C)C3)c(C)n1-c1ccc(C#N)cc1. The van der Waals surface area contributed by atoms with Crippen LogP contribution in [0.4, 0.5) is 4.39 Å². The molecule has 2 bridgehead atoms. The van der Waals surface area contributed by atoms with Gasteiger partial charge >= 0.3 is 0 Å². The van der Waals surface area contributed by atoms with Crippen LogP contribution in [0.3, 0.4) is 0 Å². The van der Waals surface area contributed by atoms with Crippen molar-refractivity contribution in [2.75, 3.05) is 6.54 Å². The standard InChI is InChI=1S/C22H24FN3O/c1-13-10-18-8-9-19(13)25(18)12-20(27)21-14(2)26(15(3)22(21)23)17-6-4-16(11-24)5-7-17/h4-7,13,18-19H,8-10,12H2,1-3H3/t13-,18-,19+/m1/s1. The molecule has 4 rings (SSSR count). The lowest BCUT2D eigenvalue weighted by molar-refractivity contribution is 0.0909. The number of Topliss-reactive ketones (excluding diaryl/α,β-unsaturated/α-hetero) is 1. The monoisotopic (exact) mass is 365 g/mol. The number of carbonyl (C=O) groups is 1. The Balaban J connectivity index is 1.65. The highest BCUT2D eigenvalue weighted by atomic mass is 19.1. The van der Waals surface area contributed by atoms with Crippen LogP contribution in [0, 0.1) is 36.9 Å². The largest absolute Gasteiger partial charge is 0.315 e. The number of ketones is 1. The summed E-state index contributed by atoms with van der Waals surface area (Å²) >= 11 is 0. The predicted octanol–water partition coefficient (Wildman–Crippen LogP) is 4.16. The molecule has 0 aliphatic carbocycles. The van der Waals surface area contributed by atoms with E-state index in [0.29, 0.717) is 41.5 Å². The molecule has 0 N–H and O–H groups in total. The molecule has 0 radical (unpaired) electrons. The highest BCUT2D eigenvalue weighted by Gasteiger charge is 2.45. The van der Waals surface area contributed by atoms with Crippen molar-refractivity contribution in [3.8, 4) is 11.8 Å². The number of halogens is 1. The Labute approximate surface area is 159 Å². The lowest BCUT2D eigenvalue weighted by atomic mass is 9.91. The molecule has 2 fully saturated rings. The van der Waals surface area contributed by atoms with Crippen molar-refractivity contribution in [1.82, 2.24) is 9.47 Å². The van der Waals surface area contributed by atoms with E-state index in [2.05, 4.69) is 17.9 Å². The normalized spacial score (nSPS) is 24.3. The minimum absolute atomic E-state index is 0.133. The molecule has 2 aromatic rings. The van der Waals surface area contributed by atoms with Gasteiger partial charge in [-0.25, -0.2) is 4.39 Å². The molecule has 4 nitrogen and oxygen atoms in total. The van der Waals surface area contributed by atoms with Crippen molar-refractivity contribution < 1.29 is 9.18 Å². The predicted molar refractivity (Wildman–Crippen MR) is 102 cm³/mol. The van der Waals surface area contributed by atoms with Gasteiger partial charge in [-0.2, -0.15) is 5.26 Å². The van der Waals surface area contributed by atoms with Crippen LogP contribution < -0.4 is 0 Å². The third-order valence-corrected chi connectivity index (χ3v) is 6.42. The van der Waals surface area contributed by atoms with Crippen molar-refractivity contribution in [3.63, 3.8) is 0 Å². The summed E-state index contributed by atoms with van der Waals surface area (Å²) in [7, 11) is 0. The zero-order valence-electron chi connectivity index (χ0n) is 16.0. The molecule has 1 aromatic carbocycles. The molecule has 2 aliphatic heterocycles. The van der Waals surface area contributed by atoms with Crippen LogP contribution in [-0.4, -0.2) is 33.9 Å². The summed E-state index contributed by atoms with van der Waals surface area (Å²) in [5.74, 6) is 0.0559. The molecule has 0 unspecified atom stereocenters. The first-order valence-corrected chi connectivity index (χ1v) is 9.59. The van der Waals surface area contributed by atoms with E-state index in [9.17, 15) is 4.79 Å². The van der Waals surface area contributed by atoms with Gasteiger partial charge in [-0.05, 0) is 63.3 Å². The highest BCUT2D eigenvalue weighted by Crippen LogP contribution is 2.41. The number of hydrogen-bond donors (Lipinski definition) is 0. The molecule has 27 heavy (non-hydrogen) atoms. The Morgan fingerprint density at radius 3 is 2.48 bits per heavy atom. The first kappa shape index (κ1) is 17.9. The summed E-state index contributed by atoms with van der Waals surface area (Å²) in [6, 6.07) is 10.0. The first-order chi connectivity index (χ1) is 12.9. The van der Waals surface area contributed by atoms with E-state index < -0.39 is 5.82 Å². The number of nitriles is 1. The number of fused-ring (bicyclic) bond motifs is 2. The molecule has 2 aliphatic rings. The van der Waals surface area contributed by atoms with Crippen molar-refractivity contribution in [2.45, 2.75) is 52.1 Å². The Morgan fingerprint density at radius 2 is 1.93 bits per heavy atom. The summed E-state index contributed by atoms with van der Waals surface area (Å²) < 4.78 is 16.8. The summed E-state index contributed by atoms with van der Waals surface area (Å²) in [5, 5.41) is 8.97. The molecule has 0 amide bonds. The highest BCUT2D eigenvalue weighted by molar-refractivity contribution is 5.99. The molecule has 3 atom stereocenters. The molecular formula is C22H24FN3O. The van der Waals surface area contributed by atoms with Crippen LogP contribution in [0.1, 0.15) is 53.5 Å². The van der Waals surface area contributed by atoms with Gasteiger partial charge in [0.25, 0.3) is 0 Å². The minimum atomic E-state index is -0.429. The Kier molecular flexibility index (Phi) is 4.39. The third-order valence-electron chi connectivity index (χ3n) is 6.42. The Bertz CT molecular complexity index is 938. The van der Waals surface area contributed by atoms with E-state index in [1.807, 2.05) is 0 Å².